The van der Waals surface area contributed by atoms with E-state index in [0.29, 0.717) is 25.6 Å². The van der Waals surface area contributed by atoms with Crippen LogP contribution >= 0.6 is 24.0 Å². The van der Waals surface area contributed by atoms with Crippen molar-refractivity contribution in [2.45, 2.75) is 25.6 Å². The Hall–Kier alpha value is -1.94. The van der Waals surface area contributed by atoms with Gasteiger partial charge in [0.1, 0.15) is 17.3 Å². The third-order valence-electron chi connectivity index (χ3n) is 5.06. The van der Waals surface area contributed by atoms with Crippen molar-refractivity contribution < 1.29 is 8.78 Å². The molecule has 8 heteroatoms. The van der Waals surface area contributed by atoms with Crippen LogP contribution in [-0.2, 0) is 13.1 Å². The molecule has 1 atom stereocenters. The van der Waals surface area contributed by atoms with Gasteiger partial charge in [-0.25, -0.2) is 8.78 Å². The van der Waals surface area contributed by atoms with Crippen LogP contribution in [0.2, 0.25) is 0 Å². The molecule has 1 saturated heterocycles. The highest BCUT2D eigenvalue weighted by Gasteiger charge is 2.27. The monoisotopic (exact) mass is 529 g/mol. The van der Waals surface area contributed by atoms with E-state index in [1.54, 1.807) is 11.9 Å². The first-order chi connectivity index (χ1) is 14.0. The Bertz CT molecular complexity index is 839. The van der Waals surface area contributed by atoms with Crippen LogP contribution < -0.4 is 15.5 Å². The van der Waals surface area contributed by atoms with Gasteiger partial charge in [-0.1, -0.05) is 30.3 Å². The zero-order valence-corrected chi connectivity index (χ0v) is 20.0. The van der Waals surface area contributed by atoms with Crippen molar-refractivity contribution in [3.05, 3.63) is 65.2 Å². The maximum absolute atomic E-state index is 14.1. The molecule has 3 rings (SSSR count). The average Bonchev–Trinajstić information content (AvgIpc) is 3.13. The summed E-state index contributed by atoms with van der Waals surface area (Å²) in [6.45, 7) is 2.64. The quantitative estimate of drug-likeness (QED) is 0.341. The van der Waals surface area contributed by atoms with Gasteiger partial charge in [-0.15, -0.1) is 24.0 Å². The molecule has 2 N–H and O–H groups in total. The van der Waals surface area contributed by atoms with E-state index >= 15 is 0 Å². The lowest BCUT2D eigenvalue weighted by atomic mass is 10.1. The van der Waals surface area contributed by atoms with Crippen LogP contribution in [0, 0.1) is 11.6 Å². The minimum atomic E-state index is -0.523. The zero-order chi connectivity index (χ0) is 20.8. The average molecular weight is 529 g/mol. The van der Waals surface area contributed by atoms with E-state index in [-0.39, 0.29) is 35.7 Å². The number of benzene rings is 2. The summed E-state index contributed by atoms with van der Waals surface area (Å²) in [6.07, 6.45) is 0.783. The molecule has 1 unspecified atom stereocenters. The Kier molecular flexibility index (Phi) is 9.29. The number of nitrogens with one attached hydrogen (secondary N) is 2. The van der Waals surface area contributed by atoms with Gasteiger partial charge < -0.3 is 20.4 Å². The summed E-state index contributed by atoms with van der Waals surface area (Å²) in [6, 6.07) is 12.4. The van der Waals surface area contributed by atoms with Crippen molar-refractivity contribution in [1.29, 1.82) is 0 Å². The van der Waals surface area contributed by atoms with Crippen molar-refractivity contribution in [2.24, 2.45) is 4.99 Å². The summed E-state index contributed by atoms with van der Waals surface area (Å²) < 4.78 is 28.1. The van der Waals surface area contributed by atoms with Gasteiger partial charge in [-0.2, -0.15) is 0 Å². The predicted octanol–water partition coefficient (Wildman–Crippen LogP) is 3.59. The molecule has 164 valence electrons. The number of guanidine groups is 1. The lowest BCUT2D eigenvalue weighted by molar-refractivity contribution is 0.400. The highest BCUT2D eigenvalue weighted by Crippen LogP contribution is 2.26. The Labute approximate surface area is 194 Å². The summed E-state index contributed by atoms with van der Waals surface area (Å²) in [5.41, 5.74) is 2.53. The molecule has 2 aromatic carbocycles. The van der Waals surface area contributed by atoms with Gasteiger partial charge in [0.05, 0.1) is 0 Å². The van der Waals surface area contributed by atoms with Gasteiger partial charge in [-0.05, 0) is 43.8 Å². The predicted molar refractivity (Wildman–Crippen MR) is 130 cm³/mol. The van der Waals surface area contributed by atoms with Gasteiger partial charge in [-0.3, -0.25) is 4.99 Å². The number of halogens is 3. The summed E-state index contributed by atoms with van der Waals surface area (Å²) in [7, 11) is 5.83. The Morgan fingerprint density at radius 2 is 1.77 bits per heavy atom. The zero-order valence-electron chi connectivity index (χ0n) is 17.7. The molecule has 0 aliphatic carbocycles. The summed E-state index contributed by atoms with van der Waals surface area (Å²) in [4.78, 5) is 8.20. The fourth-order valence-electron chi connectivity index (χ4n) is 3.66. The number of nitrogens with zero attached hydrogens (tertiary/aromatic N) is 3. The first-order valence-electron chi connectivity index (χ1n) is 9.85. The summed E-state index contributed by atoms with van der Waals surface area (Å²) in [5.74, 6) is -0.359. The van der Waals surface area contributed by atoms with E-state index in [1.807, 2.05) is 12.1 Å². The van der Waals surface area contributed by atoms with E-state index in [2.05, 4.69) is 46.8 Å². The molecule has 0 spiro atoms. The van der Waals surface area contributed by atoms with E-state index in [1.165, 1.54) is 29.3 Å². The van der Waals surface area contributed by atoms with Crippen molar-refractivity contribution in [3.63, 3.8) is 0 Å². The van der Waals surface area contributed by atoms with Gasteiger partial charge >= 0.3 is 0 Å². The van der Waals surface area contributed by atoms with Crippen LogP contribution in [0.4, 0.5) is 14.5 Å². The molecule has 5 nitrogen and oxygen atoms in total. The molecule has 1 aliphatic rings. The number of anilines is 1. The molecular formula is C22H30F2IN5. The second kappa shape index (κ2) is 11.5. The molecule has 2 aromatic rings. The fourth-order valence-corrected chi connectivity index (χ4v) is 3.66. The van der Waals surface area contributed by atoms with Crippen molar-refractivity contribution >= 4 is 35.6 Å². The van der Waals surface area contributed by atoms with Crippen LogP contribution in [0.5, 0.6) is 0 Å². The highest BCUT2D eigenvalue weighted by atomic mass is 127. The number of hydrogen-bond donors (Lipinski definition) is 2. The molecule has 0 bridgehead atoms. The Balaban J connectivity index is 0.00000320. The molecule has 0 saturated carbocycles. The standard InChI is InChI=1S/C22H29F2N5.HI/c1-25-22(26-13-16-7-4-5-8-17(16)14-28(2)3)27-18-11-12-29(15-18)21-19(23)9-6-10-20(21)24;/h4-10,18H,11-15H2,1-3H3,(H2,25,26,27);1H. The van der Waals surface area contributed by atoms with E-state index < -0.39 is 11.6 Å². The van der Waals surface area contributed by atoms with Crippen molar-refractivity contribution in [3.8, 4) is 0 Å². The third kappa shape index (κ3) is 6.28. The van der Waals surface area contributed by atoms with Crippen LogP contribution in [0.3, 0.4) is 0 Å². The third-order valence-corrected chi connectivity index (χ3v) is 5.06. The molecule has 30 heavy (non-hydrogen) atoms. The van der Waals surface area contributed by atoms with Crippen molar-refractivity contribution in [2.75, 3.05) is 39.1 Å². The molecule has 1 aliphatic heterocycles. The molecule has 0 radical (unpaired) electrons. The lowest BCUT2D eigenvalue weighted by Gasteiger charge is -2.21. The summed E-state index contributed by atoms with van der Waals surface area (Å²) in [5, 5.41) is 6.73. The van der Waals surface area contributed by atoms with Crippen LogP contribution in [0.1, 0.15) is 17.5 Å². The van der Waals surface area contributed by atoms with Crippen LogP contribution in [0.15, 0.2) is 47.5 Å². The van der Waals surface area contributed by atoms with Crippen LogP contribution in [-0.4, -0.2) is 51.1 Å². The van der Waals surface area contributed by atoms with Crippen molar-refractivity contribution in [1.82, 2.24) is 15.5 Å². The number of rotatable bonds is 6. The second-order valence-electron chi connectivity index (χ2n) is 7.58. The molecule has 1 fully saturated rings. The minimum Gasteiger partial charge on any atom is -0.365 e. The number of hydrogen-bond acceptors (Lipinski definition) is 3. The molecule has 0 aromatic heterocycles. The maximum Gasteiger partial charge on any atom is 0.191 e. The normalized spacial score (nSPS) is 16.5. The number of para-hydroxylation sites is 1. The lowest BCUT2D eigenvalue weighted by Crippen LogP contribution is -2.44. The molecule has 0 amide bonds. The number of aliphatic imine (C=N–C) groups is 1. The molecular weight excluding hydrogens is 499 g/mol. The van der Waals surface area contributed by atoms with Gasteiger partial charge in [0.2, 0.25) is 0 Å². The Morgan fingerprint density at radius 3 is 2.40 bits per heavy atom. The van der Waals surface area contributed by atoms with Gasteiger partial charge in [0.25, 0.3) is 0 Å². The van der Waals surface area contributed by atoms with Gasteiger partial charge in [0, 0.05) is 39.3 Å². The summed E-state index contributed by atoms with van der Waals surface area (Å²) >= 11 is 0. The van der Waals surface area contributed by atoms with E-state index in [4.69, 9.17) is 0 Å². The largest absolute Gasteiger partial charge is 0.365 e. The van der Waals surface area contributed by atoms with E-state index in [9.17, 15) is 8.78 Å². The highest BCUT2D eigenvalue weighted by molar-refractivity contribution is 14.0. The maximum atomic E-state index is 14.1. The first-order valence-corrected chi connectivity index (χ1v) is 9.85. The minimum absolute atomic E-state index is 0. The first kappa shape index (κ1) is 24.3. The smallest absolute Gasteiger partial charge is 0.191 e. The van der Waals surface area contributed by atoms with E-state index in [0.717, 1.165) is 13.0 Å². The second-order valence-corrected chi connectivity index (χ2v) is 7.58. The molecule has 1 heterocycles. The Morgan fingerprint density at radius 1 is 1.10 bits per heavy atom. The SMILES string of the molecule is CN=C(NCc1ccccc1CN(C)C)NC1CCN(c2c(F)cccc2F)C1.I. The fraction of sp³-hybridized carbons (Fsp3) is 0.409. The van der Waals surface area contributed by atoms with Crippen LogP contribution in [0.25, 0.3) is 0 Å². The van der Waals surface area contributed by atoms with Gasteiger partial charge in [0.15, 0.2) is 5.96 Å². The topological polar surface area (TPSA) is 42.9 Å².